The molecule has 3 aromatic carbocycles. The summed E-state index contributed by atoms with van der Waals surface area (Å²) < 4.78 is 5.26. The van der Waals surface area contributed by atoms with E-state index >= 15 is 0 Å². The van der Waals surface area contributed by atoms with Crippen molar-refractivity contribution in [2.45, 2.75) is 13.3 Å². The first-order chi connectivity index (χ1) is 14.7. The Balaban J connectivity index is 1.49. The van der Waals surface area contributed by atoms with E-state index in [1.807, 2.05) is 67.6 Å². The number of aromatic nitrogens is 1. The number of thiazole rings is 1. The highest BCUT2D eigenvalue weighted by molar-refractivity contribution is 7.13. The molecule has 0 radical (unpaired) electrons. The van der Waals surface area contributed by atoms with Crippen molar-refractivity contribution in [2.75, 3.05) is 12.4 Å². The third-order valence-electron chi connectivity index (χ3n) is 4.90. The molecule has 1 amide bonds. The van der Waals surface area contributed by atoms with Crippen molar-refractivity contribution in [3.8, 4) is 27.6 Å². The van der Waals surface area contributed by atoms with Crippen LogP contribution in [-0.4, -0.2) is 18.0 Å². The molecule has 1 aromatic heterocycles. The Kier molecular flexibility index (Phi) is 5.91. The van der Waals surface area contributed by atoms with Crippen molar-refractivity contribution < 1.29 is 9.53 Å². The Morgan fingerprint density at radius 2 is 1.77 bits per heavy atom. The highest BCUT2D eigenvalue weighted by Crippen LogP contribution is 2.29. The summed E-state index contributed by atoms with van der Waals surface area (Å²) in [5.41, 5.74) is 5.43. The zero-order valence-electron chi connectivity index (χ0n) is 16.9. The molecule has 0 aliphatic heterocycles. The summed E-state index contributed by atoms with van der Waals surface area (Å²) in [6.07, 6.45) is 0.756. The van der Waals surface area contributed by atoms with Crippen LogP contribution < -0.4 is 10.1 Å². The topological polar surface area (TPSA) is 51.2 Å². The maximum Gasteiger partial charge on any atom is 0.255 e. The second kappa shape index (κ2) is 8.93. The number of carbonyl (C=O) groups is 1. The predicted octanol–water partition coefficient (Wildman–Crippen LogP) is 6.30. The lowest BCUT2D eigenvalue weighted by molar-refractivity contribution is 0.102. The zero-order valence-corrected chi connectivity index (χ0v) is 17.7. The van der Waals surface area contributed by atoms with Crippen LogP contribution in [-0.2, 0) is 6.42 Å². The van der Waals surface area contributed by atoms with E-state index < -0.39 is 0 Å². The molecule has 0 saturated heterocycles. The molecular formula is C25H22N2O2S. The van der Waals surface area contributed by atoms with Gasteiger partial charge in [-0.15, -0.1) is 11.3 Å². The average Bonchev–Trinajstić information content (AvgIpc) is 3.30. The van der Waals surface area contributed by atoms with Gasteiger partial charge in [0.2, 0.25) is 0 Å². The van der Waals surface area contributed by atoms with Crippen LogP contribution in [0.3, 0.4) is 0 Å². The fourth-order valence-corrected chi connectivity index (χ4v) is 4.09. The van der Waals surface area contributed by atoms with Gasteiger partial charge in [-0.1, -0.05) is 49.4 Å². The summed E-state index contributed by atoms with van der Waals surface area (Å²) in [5, 5.41) is 6.03. The number of nitrogens with one attached hydrogen (secondary N) is 1. The predicted molar refractivity (Wildman–Crippen MR) is 123 cm³/mol. The molecule has 0 aliphatic carbocycles. The third-order valence-corrected chi connectivity index (χ3v) is 5.79. The Bertz CT molecular complexity index is 1150. The van der Waals surface area contributed by atoms with Gasteiger partial charge in [0.05, 0.1) is 12.8 Å². The molecule has 0 bridgehead atoms. The standard InChI is InChI=1S/C25H22N2O2S/c1-3-17-15-21(29-2)13-14-22(17)24(28)26-20-11-9-18(10-12-20)23-16-30-25(27-23)19-7-5-4-6-8-19/h4-16H,3H2,1-2H3,(H,26,28). The van der Waals surface area contributed by atoms with Gasteiger partial charge in [-0.25, -0.2) is 4.98 Å². The van der Waals surface area contributed by atoms with Crippen LogP contribution in [0.15, 0.2) is 78.2 Å². The minimum atomic E-state index is -0.123. The van der Waals surface area contributed by atoms with Gasteiger partial charge in [0.25, 0.3) is 5.91 Å². The van der Waals surface area contributed by atoms with Crippen LogP contribution in [0.1, 0.15) is 22.8 Å². The monoisotopic (exact) mass is 414 g/mol. The molecule has 0 saturated carbocycles. The van der Waals surface area contributed by atoms with E-state index in [0.717, 1.165) is 45.2 Å². The Morgan fingerprint density at radius 1 is 1.00 bits per heavy atom. The SMILES string of the molecule is CCc1cc(OC)ccc1C(=O)Nc1ccc(-c2csc(-c3ccccc3)n2)cc1. The summed E-state index contributed by atoms with van der Waals surface area (Å²) in [6, 6.07) is 23.4. The Morgan fingerprint density at radius 3 is 2.47 bits per heavy atom. The van der Waals surface area contributed by atoms with E-state index in [4.69, 9.17) is 9.72 Å². The van der Waals surface area contributed by atoms with Crippen molar-refractivity contribution in [3.05, 3.63) is 89.3 Å². The molecule has 4 nitrogen and oxygen atoms in total. The number of hydrogen-bond acceptors (Lipinski definition) is 4. The summed E-state index contributed by atoms with van der Waals surface area (Å²) >= 11 is 1.63. The normalized spacial score (nSPS) is 10.6. The van der Waals surface area contributed by atoms with Crippen molar-refractivity contribution in [1.82, 2.24) is 4.98 Å². The van der Waals surface area contributed by atoms with Gasteiger partial charge in [-0.05, 0) is 42.3 Å². The highest BCUT2D eigenvalue weighted by atomic mass is 32.1. The molecule has 4 aromatic rings. The molecule has 0 fully saturated rings. The average molecular weight is 415 g/mol. The lowest BCUT2D eigenvalue weighted by Gasteiger charge is -2.11. The Hall–Kier alpha value is -3.44. The second-order valence-corrected chi connectivity index (χ2v) is 7.67. The van der Waals surface area contributed by atoms with Gasteiger partial charge in [0.1, 0.15) is 10.8 Å². The quantitative estimate of drug-likeness (QED) is 0.403. The van der Waals surface area contributed by atoms with Crippen molar-refractivity contribution in [2.24, 2.45) is 0 Å². The maximum atomic E-state index is 12.7. The van der Waals surface area contributed by atoms with Gasteiger partial charge >= 0.3 is 0 Å². The third kappa shape index (κ3) is 4.26. The minimum absolute atomic E-state index is 0.123. The summed E-state index contributed by atoms with van der Waals surface area (Å²) in [7, 11) is 1.63. The summed E-state index contributed by atoms with van der Waals surface area (Å²) in [4.78, 5) is 17.5. The number of benzene rings is 3. The first kappa shape index (κ1) is 19.9. The molecule has 0 aliphatic rings. The van der Waals surface area contributed by atoms with Crippen LogP contribution in [0.25, 0.3) is 21.8 Å². The van der Waals surface area contributed by atoms with E-state index in [9.17, 15) is 4.79 Å². The van der Waals surface area contributed by atoms with Crippen LogP contribution in [0, 0.1) is 0 Å². The summed E-state index contributed by atoms with van der Waals surface area (Å²) in [6.45, 7) is 2.03. The molecular weight excluding hydrogens is 392 g/mol. The number of hydrogen-bond donors (Lipinski definition) is 1. The number of ether oxygens (including phenoxy) is 1. The molecule has 4 rings (SSSR count). The molecule has 5 heteroatoms. The fourth-order valence-electron chi connectivity index (χ4n) is 3.25. The van der Waals surface area contributed by atoms with Gasteiger partial charge < -0.3 is 10.1 Å². The van der Waals surface area contributed by atoms with E-state index in [0.29, 0.717) is 5.56 Å². The number of aryl methyl sites for hydroxylation is 1. The van der Waals surface area contributed by atoms with E-state index in [1.54, 1.807) is 18.4 Å². The maximum absolute atomic E-state index is 12.7. The van der Waals surface area contributed by atoms with E-state index in [2.05, 4.69) is 22.8 Å². The van der Waals surface area contributed by atoms with Crippen molar-refractivity contribution in [1.29, 1.82) is 0 Å². The first-order valence-electron chi connectivity index (χ1n) is 9.77. The molecule has 0 atom stereocenters. The fraction of sp³-hybridized carbons (Fsp3) is 0.120. The molecule has 0 unspecified atom stereocenters. The lowest BCUT2D eigenvalue weighted by atomic mass is 10.0. The summed E-state index contributed by atoms with van der Waals surface area (Å²) in [5.74, 6) is 0.633. The number of amides is 1. The number of carbonyl (C=O) groups excluding carboxylic acids is 1. The smallest absolute Gasteiger partial charge is 0.255 e. The van der Waals surface area contributed by atoms with Crippen LogP contribution in [0.2, 0.25) is 0 Å². The highest BCUT2D eigenvalue weighted by Gasteiger charge is 2.12. The van der Waals surface area contributed by atoms with Crippen LogP contribution in [0.5, 0.6) is 5.75 Å². The van der Waals surface area contributed by atoms with Crippen molar-refractivity contribution in [3.63, 3.8) is 0 Å². The van der Waals surface area contributed by atoms with Gasteiger partial charge in [0, 0.05) is 27.8 Å². The number of methoxy groups -OCH3 is 1. The lowest BCUT2D eigenvalue weighted by Crippen LogP contribution is -2.14. The van der Waals surface area contributed by atoms with Crippen LogP contribution in [0.4, 0.5) is 5.69 Å². The van der Waals surface area contributed by atoms with Crippen LogP contribution >= 0.6 is 11.3 Å². The van der Waals surface area contributed by atoms with Gasteiger partial charge in [-0.2, -0.15) is 0 Å². The number of rotatable bonds is 6. The van der Waals surface area contributed by atoms with Gasteiger partial charge in [-0.3, -0.25) is 4.79 Å². The molecule has 150 valence electrons. The molecule has 0 spiro atoms. The zero-order chi connectivity index (χ0) is 20.9. The largest absolute Gasteiger partial charge is 0.497 e. The second-order valence-electron chi connectivity index (χ2n) is 6.81. The molecule has 1 N–H and O–H groups in total. The van der Waals surface area contributed by atoms with E-state index in [1.165, 1.54) is 0 Å². The molecule has 30 heavy (non-hydrogen) atoms. The molecule has 1 heterocycles. The number of nitrogens with zero attached hydrogens (tertiary/aromatic N) is 1. The van der Waals surface area contributed by atoms with Crippen molar-refractivity contribution >= 4 is 22.9 Å². The minimum Gasteiger partial charge on any atom is -0.497 e. The number of anilines is 1. The van der Waals surface area contributed by atoms with Gasteiger partial charge in [0.15, 0.2) is 0 Å². The Labute approximate surface area is 180 Å². The van der Waals surface area contributed by atoms with E-state index in [-0.39, 0.29) is 5.91 Å². The first-order valence-corrected chi connectivity index (χ1v) is 10.7.